The third-order valence-corrected chi connectivity index (χ3v) is 7.29. The van der Waals surface area contributed by atoms with E-state index < -0.39 is 0 Å². The molecule has 6 rings (SSSR count). The van der Waals surface area contributed by atoms with Crippen LogP contribution in [-0.4, -0.2) is 38.6 Å². The predicted molar refractivity (Wildman–Crippen MR) is 139 cm³/mol. The van der Waals surface area contributed by atoms with Gasteiger partial charge in [-0.15, -0.1) is 21.5 Å². The second-order valence-electron chi connectivity index (χ2n) is 8.83. The molecule has 0 aliphatic carbocycles. The standard InChI is InChI=1S/C27H23FN6OS/c28-21-5-1-18(2-6-21)23-9-10-25(32-31-23)33-13-11-20(12-14-33)26(35)29-22-7-3-19(4-8-22)24-17-34-15-16-36-27(34)30-24/h1-10,15-17,20H,11-14H2,(H,29,35). The molecular formula is C27H23FN6OS. The zero-order valence-electron chi connectivity index (χ0n) is 19.3. The van der Waals surface area contributed by atoms with Crippen molar-refractivity contribution >= 4 is 33.7 Å². The van der Waals surface area contributed by atoms with Gasteiger partial charge in [0.2, 0.25) is 5.91 Å². The van der Waals surface area contributed by atoms with Crippen molar-refractivity contribution in [3.8, 4) is 22.5 Å². The van der Waals surface area contributed by atoms with Crippen LogP contribution >= 0.6 is 11.3 Å². The summed E-state index contributed by atoms with van der Waals surface area (Å²) < 4.78 is 15.2. The highest BCUT2D eigenvalue weighted by Gasteiger charge is 2.26. The maximum atomic E-state index is 13.1. The Balaban J connectivity index is 1.03. The molecule has 1 aliphatic rings. The van der Waals surface area contributed by atoms with E-state index in [0.29, 0.717) is 5.69 Å². The van der Waals surface area contributed by atoms with Crippen molar-refractivity contribution in [2.45, 2.75) is 12.8 Å². The summed E-state index contributed by atoms with van der Waals surface area (Å²) in [5.41, 5.74) is 4.24. The van der Waals surface area contributed by atoms with Crippen molar-refractivity contribution in [3.63, 3.8) is 0 Å². The van der Waals surface area contributed by atoms with Crippen LogP contribution in [0.3, 0.4) is 0 Å². The number of fused-ring (bicyclic) bond motifs is 1. The van der Waals surface area contributed by atoms with E-state index in [1.807, 2.05) is 58.6 Å². The molecule has 0 atom stereocenters. The molecule has 0 unspecified atom stereocenters. The first-order chi connectivity index (χ1) is 17.6. The van der Waals surface area contributed by atoms with E-state index in [2.05, 4.69) is 25.4 Å². The van der Waals surface area contributed by atoms with E-state index in [-0.39, 0.29) is 17.6 Å². The van der Waals surface area contributed by atoms with Gasteiger partial charge in [0.1, 0.15) is 5.82 Å². The average molecular weight is 499 g/mol. The molecule has 1 fully saturated rings. The van der Waals surface area contributed by atoms with E-state index in [4.69, 9.17) is 0 Å². The molecule has 0 bridgehead atoms. The van der Waals surface area contributed by atoms with Crippen molar-refractivity contribution < 1.29 is 9.18 Å². The van der Waals surface area contributed by atoms with E-state index >= 15 is 0 Å². The van der Waals surface area contributed by atoms with Gasteiger partial charge >= 0.3 is 0 Å². The maximum absolute atomic E-state index is 13.1. The highest BCUT2D eigenvalue weighted by Crippen LogP contribution is 2.26. The van der Waals surface area contributed by atoms with E-state index in [1.165, 1.54) is 12.1 Å². The zero-order chi connectivity index (χ0) is 24.5. The Morgan fingerprint density at radius 3 is 2.33 bits per heavy atom. The topological polar surface area (TPSA) is 75.4 Å². The maximum Gasteiger partial charge on any atom is 0.227 e. The first-order valence-corrected chi connectivity index (χ1v) is 12.7. The molecule has 0 radical (unpaired) electrons. The molecule has 1 saturated heterocycles. The van der Waals surface area contributed by atoms with Crippen LogP contribution in [0.5, 0.6) is 0 Å². The van der Waals surface area contributed by atoms with Gasteiger partial charge < -0.3 is 10.2 Å². The molecule has 4 heterocycles. The van der Waals surface area contributed by atoms with E-state index in [9.17, 15) is 9.18 Å². The van der Waals surface area contributed by atoms with Crippen LogP contribution in [0.1, 0.15) is 12.8 Å². The number of benzene rings is 2. The number of hydrogen-bond acceptors (Lipinski definition) is 6. The second kappa shape index (κ2) is 9.50. The van der Waals surface area contributed by atoms with Gasteiger partial charge in [-0.05, 0) is 61.4 Å². The molecule has 9 heteroatoms. The predicted octanol–water partition coefficient (Wildman–Crippen LogP) is 5.51. The zero-order valence-corrected chi connectivity index (χ0v) is 20.2. The molecule has 1 amide bonds. The van der Waals surface area contributed by atoms with Crippen molar-refractivity contribution in [3.05, 3.63) is 84.3 Å². The van der Waals surface area contributed by atoms with Crippen LogP contribution in [0, 0.1) is 11.7 Å². The number of imidazole rings is 1. The monoisotopic (exact) mass is 498 g/mol. The lowest BCUT2D eigenvalue weighted by atomic mass is 9.95. The lowest BCUT2D eigenvalue weighted by Crippen LogP contribution is -2.38. The highest BCUT2D eigenvalue weighted by atomic mass is 32.1. The first-order valence-electron chi connectivity index (χ1n) is 11.8. The average Bonchev–Trinajstić information content (AvgIpc) is 3.53. The van der Waals surface area contributed by atoms with Crippen molar-refractivity contribution in [2.24, 2.45) is 5.92 Å². The van der Waals surface area contributed by atoms with Crippen LogP contribution in [0.2, 0.25) is 0 Å². The summed E-state index contributed by atoms with van der Waals surface area (Å²) in [6.45, 7) is 1.47. The molecule has 0 saturated carbocycles. The molecule has 0 spiro atoms. The van der Waals surface area contributed by atoms with Gasteiger partial charge in [0.25, 0.3) is 0 Å². The molecular weight excluding hydrogens is 475 g/mol. The Labute approximate surface area is 211 Å². The molecule has 36 heavy (non-hydrogen) atoms. The van der Waals surface area contributed by atoms with Gasteiger partial charge in [-0.2, -0.15) is 0 Å². The number of rotatable bonds is 5. The van der Waals surface area contributed by atoms with Gasteiger partial charge in [-0.1, -0.05) is 12.1 Å². The summed E-state index contributed by atoms with van der Waals surface area (Å²) in [6.07, 6.45) is 5.49. The minimum Gasteiger partial charge on any atom is -0.355 e. The number of hydrogen-bond donors (Lipinski definition) is 1. The Hall–Kier alpha value is -4.11. The minimum atomic E-state index is -0.276. The number of anilines is 2. The van der Waals surface area contributed by atoms with Gasteiger partial charge in [-0.25, -0.2) is 9.37 Å². The molecule has 1 N–H and O–H groups in total. The fourth-order valence-corrected chi connectivity index (χ4v) is 5.17. The summed E-state index contributed by atoms with van der Waals surface area (Å²) >= 11 is 1.60. The third-order valence-electron chi connectivity index (χ3n) is 6.52. The third kappa shape index (κ3) is 4.57. The number of thiazole rings is 1. The summed E-state index contributed by atoms with van der Waals surface area (Å²) in [6, 6.07) is 17.9. The SMILES string of the molecule is O=C(Nc1ccc(-c2cn3ccsc3n2)cc1)C1CCN(c2ccc(-c3ccc(F)cc3)nn2)CC1. The number of halogens is 1. The number of piperidine rings is 1. The number of aromatic nitrogens is 4. The van der Waals surface area contributed by atoms with Gasteiger partial charge in [-0.3, -0.25) is 9.20 Å². The number of nitrogens with zero attached hydrogens (tertiary/aromatic N) is 5. The van der Waals surface area contributed by atoms with Crippen molar-refractivity contribution in [1.82, 2.24) is 19.6 Å². The van der Waals surface area contributed by atoms with Crippen LogP contribution in [-0.2, 0) is 4.79 Å². The largest absolute Gasteiger partial charge is 0.355 e. The van der Waals surface area contributed by atoms with Gasteiger partial charge in [0.05, 0.1) is 11.4 Å². The normalized spacial score (nSPS) is 14.3. The fraction of sp³-hybridized carbons (Fsp3) is 0.185. The Kier molecular flexibility index (Phi) is 5.90. The van der Waals surface area contributed by atoms with Crippen molar-refractivity contribution in [1.29, 1.82) is 0 Å². The van der Waals surface area contributed by atoms with Crippen molar-refractivity contribution in [2.75, 3.05) is 23.3 Å². The summed E-state index contributed by atoms with van der Waals surface area (Å²) in [4.78, 5) is 20.6. The number of amides is 1. The Morgan fingerprint density at radius 1 is 0.917 bits per heavy atom. The fourth-order valence-electron chi connectivity index (χ4n) is 4.47. The Morgan fingerprint density at radius 2 is 1.64 bits per heavy atom. The summed E-state index contributed by atoms with van der Waals surface area (Å²) in [5, 5.41) is 13.7. The number of carbonyl (C=O) groups excluding carboxylic acids is 1. The van der Waals surface area contributed by atoms with E-state index in [1.54, 1.807) is 23.5 Å². The highest BCUT2D eigenvalue weighted by molar-refractivity contribution is 7.15. The Bertz CT molecular complexity index is 1460. The van der Waals surface area contributed by atoms with E-state index in [0.717, 1.165) is 59.2 Å². The smallest absolute Gasteiger partial charge is 0.227 e. The molecule has 180 valence electrons. The molecule has 5 aromatic rings. The summed E-state index contributed by atoms with van der Waals surface area (Å²) in [7, 11) is 0. The minimum absolute atomic E-state index is 0.0441. The van der Waals surface area contributed by atoms with Crippen LogP contribution < -0.4 is 10.2 Å². The van der Waals surface area contributed by atoms with Gasteiger partial charge in [0.15, 0.2) is 10.8 Å². The van der Waals surface area contributed by atoms with Gasteiger partial charge in [0, 0.05) is 53.6 Å². The van der Waals surface area contributed by atoms with Crippen LogP contribution in [0.4, 0.5) is 15.9 Å². The number of nitrogens with one attached hydrogen (secondary N) is 1. The molecule has 1 aliphatic heterocycles. The molecule has 7 nitrogen and oxygen atoms in total. The molecule has 3 aromatic heterocycles. The lowest BCUT2D eigenvalue weighted by Gasteiger charge is -2.31. The van der Waals surface area contributed by atoms with Crippen LogP contribution in [0.25, 0.3) is 27.5 Å². The lowest BCUT2D eigenvalue weighted by molar-refractivity contribution is -0.120. The second-order valence-corrected chi connectivity index (χ2v) is 9.70. The summed E-state index contributed by atoms with van der Waals surface area (Å²) in [5.74, 6) is 0.505. The number of carbonyl (C=O) groups is 1. The first kappa shape index (κ1) is 22.4. The quantitative estimate of drug-likeness (QED) is 0.346. The van der Waals surface area contributed by atoms with Crippen LogP contribution in [0.15, 0.2) is 78.4 Å². The molecule has 2 aromatic carbocycles.